The summed E-state index contributed by atoms with van der Waals surface area (Å²) in [4.78, 5) is 7.86. The summed E-state index contributed by atoms with van der Waals surface area (Å²) >= 11 is 7.08. The molecule has 0 N–H and O–H groups in total. The number of hydrogen-bond acceptors (Lipinski definition) is 5. The molecule has 0 unspecified atom stereocenters. The molecular formula is C8H8ClN5S. The zero-order valence-corrected chi connectivity index (χ0v) is 9.75. The van der Waals surface area contributed by atoms with Gasteiger partial charge in [-0.3, -0.25) is 0 Å². The Kier molecular flexibility index (Phi) is 2.88. The standard InChI is InChI=1S/C8H8ClN5S/c1-5-12-13-8(14(5)2)15-6-3-4-10-7(9)11-6/h3-4H,1-2H3. The summed E-state index contributed by atoms with van der Waals surface area (Å²) < 4.78 is 1.89. The van der Waals surface area contributed by atoms with Crippen molar-refractivity contribution in [1.82, 2.24) is 24.7 Å². The molecule has 0 radical (unpaired) electrons. The zero-order valence-electron chi connectivity index (χ0n) is 8.18. The van der Waals surface area contributed by atoms with Crippen LogP contribution in [-0.4, -0.2) is 24.7 Å². The van der Waals surface area contributed by atoms with Gasteiger partial charge in [0.05, 0.1) is 0 Å². The van der Waals surface area contributed by atoms with Gasteiger partial charge < -0.3 is 4.57 Å². The maximum Gasteiger partial charge on any atom is 0.223 e. The molecule has 0 fully saturated rings. The van der Waals surface area contributed by atoms with E-state index in [4.69, 9.17) is 11.6 Å². The molecule has 2 aromatic rings. The molecule has 2 heterocycles. The van der Waals surface area contributed by atoms with Crippen molar-refractivity contribution >= 4 is 23.4 Å². The first-order chi connectivity index (χ1) is 7.16. The maximum absolute atomic E-state index is 5.68. The molecule has 7 heteroatoms. The third kappa shape index (κ3) is 2.27. The van der Waals surface area contributed by atoms with Crippen LogP contribution in [0, 0.1) is 6.92 Å². The molecule has 0 aliphatic heterocycles. The molecule has 0 bridgehead atoms. The third-order valence-electron chi connectivity index (χ3n) is 1.85. The summed E-state index contributed by atoms with van der Waals surface area (Å²) in [6, 6.07) is 1.78. The van der Waals surface area contributed by atoms with Crippen LogP contribution in [0.25, 0.3) is 0 Å². The average Bonchev–Trinajstić information content (AvgIpc) is 2.50. The molecule has 2 aromatic heterocycles. The second kappa shape index (κ2) is 4.16. The summed E-state index contributed by atoms with van der Waals surface area (Å²) in [7, 11) is 1.90. The van der Waals surface area contributed by atoms with Crippen LogP contribution in [0.3, 0.4) is 0 Å². The summed E-state index contributed by atoms with van der Waals surface area (Å²) in [6.45, 7) is 1.89. The summed E-state index contributed by atoms with van der Waals surface area (Å²) in [5, 5.41) is 9.73. The molecule has 78 valence electrons. The number of nitrogens with zero attached hydrogens (tertiary/aromatic N) is 5. The average molecular weight is 242 g/mol. The van der Waals surface area contributed by atoms with Gasteiger partial charge >= 0.3 is 0 Å². The molecule has 0 amide bonds. The minimum Gasteiger partial charge on any atom is -0.309 e. The Morgan fingerprint density at radius 3 is 2.80 bits per heavy atom. The first-order valence-electron chi connectivity index (χ1n) is 4.19. The maximum atomic E-state index is 5.68. The van der Waals surface area contributed by atoms with E-state index < -0.39 is 0 Å². The molecule has 0 aliphatic carbocycles. The minimum atomic E-state index is 0.235. The number of hydrogen-bond donors (Lipinski definition) is 0. The van der Waals surface area contributed by atoms with Crippen LogP contribution in [0.1, 0.15) is 5.82 Å². The molecule has 0 atom stereocenters. The van der Waals surface area contributed by atoms with E-state index in [0.717, 1.165) is 16.0 Å². The molecule has 15 heavy (non-hydrogen) atoms. The summed E-state index contributed by atoms with van der Waals surface area (Å²) in [6.07, 6.45) is 1.61. The fraction of sp³-hybridized carbons (Fsp3) is 0.250. The molecular weight excluding hydrogens is 234 g/mol. The van der Waals surface area contributed by atoms with Gasteiger partial charge in [0.2, 0.25) is 5.28 Å². The van der Waals surface area contributed by atoms with Gasteiger partial charge in [-0.1, -0.05) is 0 Å². The predicted molar refractivity (Wildman–Crippen MR) is 56.9 cm³/mol. The zero-order chi connectivity index (χ0) is 10.8. The number of aromatic nitrogens is 5. The Balaban J connectivity index is 2.26. The molecule has 0 saturated heterocycles. The Labute approximate surface area is 95.9 Å². The Morgan fingerprint density at radius 2 is 2.20 bits per heavy atom. The van der Waals surface area contributed by atoms with Crippen molar-refractivity contribution in [3.05, 3.63) is 23.4 Å². The highest BCUT2D eigenvalue weighted by Crippen LogP contribution is 2.24. The first kappa shape index (κ1) is 10.4. The van der Waals surface area contributed by atoms with Gasteiger partial charge in [-0.15, -0.1) is 10.2 Å². The van der Waals surface area contributed by atoms with E-state index in [2.05, 4.69) is 20.2 Å². The highest BCUT2D eigenvalue weighted by molar-refractivity contribution is 7.99. The van der Waals surface area contributed by atoms with E-state index in [1.54, 1.807) is 12.3 Å². The van der Waals surface area contributed by atoms with Gasteiger partial charge in [0.15, 0.2) is 5.16 Å². The molecule has 0 aromatic carbocycles. The minimum absolute atomic E-state index is 0.235. The van der Waals surface area contributed by atoms with Gasteiger partial charge in [-0.2, -0.15) is 0 Å². The Morgan fingerprint density at radius 1 is 1.40 bits per heavy atom. The van der Waals surface area contributed by atoms with E-state index in [0.29, 0.717) is 0 Å². The summed E-state index contributed by atoms with van der Waals surface area (Å²) in [5.41, 5.74) is 0. The van der Waals surface area contributed by atoms with Crippen LogP contribution in [-0.2, 0) is 7.05 Å². The number of halogens is 1. The lowest BCUT2D eigenvalue weighted by Crippen LogP contribution is -1.94. The SMILES string of the molecule is Cc1nnc(Sc2ccnc(Cl)n2)n1C. The fourth-order valence-electron chi connectivity index (χ4n) is 0.947. The van der Waals surface area contributed by atoms with Gasteiger partial charge in [0.25, 0.3) is 0 Å². The Hall–Kier alpha value is -1.14. The lowest BCUT2D eigenvalue weighted by molar-refractivity contribution is 0.764. The normalized spacial score (nSPS) is 10.6. The number of rotatable bonds is 2. The van der Waals surface area contributed by atoms with E-state index in [-0.39, 0.29) is 5.28 Å². The van der Waals surface area contributed by atoms with E-state index in [1.165, 1.54) is 11.8 Å². The van der Waals surface area contributed by atoms with Crippen LogP contribution in [0.4, 0.5) is 0 Å². The van der Waals surface area contributed by atoms with Gasteiger partial charge in [0.1, 0.15) is 10.9 Å². The van der Waals surface area contributed by atoms with Crippen LogP contribution >= 0.6 is 23.4 Å². The first-order valence-corrected chi connectivity index (χ1v) is 5.38. The van der Waals surface area contributed by atoms with Crippen molar-refractivity contribution < 1.29 is 0 Å². The lowest BCUT2D eigenvalue weighted by Gasteiger charge is -2.00. The fourth-order valence-corrected chi connectivity index (χ4v) is 1.94. The van der Waals surface area contributed by atoms with Gasteiger partial charge in [0, 0.05) is 13.2 Å². The quantitative estimate of drug-likeness (QED) is 0.592. The second-order valence-electron chi connectivity index (χ2n) is 2.85. The predicted octanol–water partition coefficient (Wildman–Crippen LogP) is 1.72. The van der Waals surface area contributed by atoms with E-state index >= 15 is 0 Å². The smallest absolute Gasteiger partial charge is 0.223 e. The van der Waals surface area contributed by atoms with Gasteiger partial charge in [-0.25, -0.2) is 9.97 Å². The number of aryl methyl sites for hydroxylation is 1. The van der Waals surface area contributed by atoms with Crippen molar-refractivity contribution in [2.24, 2.45) is 7.05 Å². The molecule has 0 spiro atoms. The van der Waals surface area contributed by atoms with Crippen molar-refractivity contribution in [1.29, 1.82) is 0 Å². The molecule has 5 nitrogen and oxygen atoms in total. The third-order valence-corrected chi connectivity index (χ3v) is 3.01. The topological polar surface area (TPSA) is 56.5 Å². The molecule has 0 saturated carbocycles. The van der Waals surface area contributed by atoms with Crippen LogP contribution < -0.4 is 0 Å². The van der Waals surface area contributed by atoms with Crippen molar-refractivity contribution in [3.63, 3.8) is 0 Å². The molecule has 2 rings (SSSR count). The lowest BCUT2D eigenvalue weighted by atomic mass is 10.7. The van der Waals surface area contributed by atoms with Crippen molar-refractivity contribution in [3.8, 4) is 0 Å². The van der Waals surface area contributed by atoms with Crippen LogP contribution in [0.2, 0.25) is 5.28 Å². The van der Waals surface area contributed by atoms with Gasteiger partial charge in [-0.05, 0) is 36.4 Å². The largest absolute Gasteiger partial charge is 0.309 e. The van der Waals surface area contributed by atoms with Crippen molar-refractivity contribution in [2.45, 2.75) is 17.1 Å². The van der Waals surface area contributed by atoms with Crippen LogP contribution in [0.5, 0.6) is 0 Å². The van der Waals surface area contributed by atoms with Crippen molar-refractivity contribution in [2.75, 3.05) is 0 Å². The monoisotopic (exact) mass is 241 g/mol. The Bertz CT molecular complexity index is 484. The summed E-state index contributed by atoms with van der Waals surface area (Å²) in [5.74, 6) is 0.859. The van der Waals surface area contributed by atoms with E-state index in [1.807, 2.05) is 18.5 Å². The van der Waals surface area contributed by atoms with E-state index in [9.17, 15) is 0 Å². The molecule has 0 aliphatic rings. The van der Waals surface area contributed by atoms with Crippen LogP contribution in [0.15, 0.2) is 22.4 Å². The highest BCUT2D eigenvalue weighted by atomic mass is 35.5. The second-order valence-corrected chi connectivity index (χ2v) is 4.18. The highest BCUT2D eigenvalue weighted by Gasteiger charge is 2.07.